The Morgan fingerprint density at radius 2 is 1.45 bits per heavy atom. The lowest BCUT2D eigenvalue weighted by Gasteiger charge is -2.26. The van der Waals surface area contributed by atoms with E-state index in [9.17, 15) is 24.6 Å². The summed E-state index contributed by atoms with van der Waals surface area (Å²) in [5.74, 6) is -3.88. The number of carbonyl (C=O) groups is 4. The lowest BCUT2D eigenvalue weighted by molar-refractivity contribution is -0.118. The monoisotopic (exact) mass is 826 g/mol. The van der Waals surface area contributed by atoms with Crippen LogP contribution in [-0.2, 0) is 26.2 Å². The van der Waals surface area contributed by atoms with Gasteiger partial charge in [-0.05, 0) is 73.5 Å². The van der Waals surface area contributed by atoms with Crippen LogP contribution in [0, 0.1) is 5.92 Å². The highest BCUT2D eigenvalue weighted by Gasteiger charge is 2.48. The Labute approximate surface area is 352 Å². The van der Waals surface area contributed by atoms with Crippen LogP contribution in [0.2, 0.25) is 0 Å². The minimum absolute atomic E-state index is 0.0268. The molecular formula is C47H38N8O7. The third-order valence-corrected chi connectivity index (χ3v) is 11.6. The van der Waals surface area contributed by atoms with Crippen LogP contribution in [-0.4, -0.2) is 63.1 Å². The quantitative estimate of drug-likeness (QED) is 0.106. The van der Waals surface area contributed by atoms with Crippen molar-refractivity contribution in [3.8, 4) is 11.5 Å². The van der Waals surface area contributed by atoms with E-state index in [1.165, 1.54) is 24.2 Å². The first-order chi connectivity index (χ1) is 29.9. The lowest BCUT2D eigenvalue weighted by Crippen LogP contribution is -2.31. The fourth-order valence-electron chi connectivity index (χ4n) is 8.78. The molecule has 0 bridgehead atoms. The van der Waals surface area contributed by atoms with Crippen molar-refractivity contribution >= 4 is 78.6 Å². The van der Waals surface area contributed by atoms with Crippen molar-refractivity contribution in [3.05, 3.63) is 138 Å². The highest BCUT2D eigenvalue weighted by atomic mass is 16.5. The summed E-state index contributed by atoms with van der Waals surface area (Å²) in [6, 6.07) is 22.5. The number of phenolic OH excluding ortho intramolecular Hbond substituents is 1. The number of para-hydroxylation sites is 1. The average Bonchev–Trinajstić information content (AvgIpc) is 4.08. The molecule has 2 unspecified atom stereocenters. The van der Waals surface area contributed by atoms with Crippen molar-refractivity contribution in [1.29, 1.82) is 0 Å². The fraction of sp³-hybridized carbons (Fsp3) is 0.170. The third kappa shape index (κ3) is 5.91. The molecule has 0 saturated heterocycles. The molecule has 0 radical (unpaired) electrons. The van der Waals surface area contributed by atoms with E-state index in [2.05, 4.69) is 19.9 Å². The number of imidazole rings is 2. The number of nitrogens with one attached hydrogen (secondary N) is 2. The van der Waals surface area contributed by atoms with E-state index >= 15 is 4.79 Å². The number of aliphatic hydroxyl groups is 1. The Bertz CT molecular complexity index is 3300. The van der Waals surface area contributed by atoms with E-state index in [-0.39, 0.29) is 52.0 Å². The number of hydrogen-bond donors (Lipinski definition) is 4. The number of ether oxygens (including phenoxy) is 1. The highest BCUT2D eigenvalue weighted by molar-refractivity contribution is 6.18. The van der Waals surface area contributed by atoms with E-state index in [1.807, 2.05) is 55.9 Å². The minimum atomic E-state index is -1.17. The topological polar surface area (TPSA) is 200 Å². The molecule has 15 nitrogen and oxygen atoms in total. The molecule has 2 atom stereocenters. The molecular weight excluding hydrogens is 789 g/mol. The Morgan fingerprint density at radius 1 is 0.806 bits per heavy atom. The van der Waals surface area contributed by atoms with Crippen LogP contribution in [0.5, 0.6) is 11.5 Å². The first-order valence-electron chi connectivity index (χ1n) is 20.0. The average molecular weight is 827 g/mol. The van der Waals surface area contributed by atoms with Crippen molar-refractivity contribution in [2.45, 2.75) is 39.3 Å². The van der Waals surface area contributed by atoms with Crippen molar-refractivity contribution in [1.82, 2.24) is 29.5 Å². The number of hydrogen-bond acceptors (Lipinski definition) is 10. The first-order valence-corrected chi connectivity index (χ1v) is 20.0. The number of benzene rings is 4. The summed E-state index contributed by atoms with van der Waals surface area (Å²) in [6.07, 6.45) is 5.11. The van der Waals surface area contributed by atoms with Gasteiger partial charge in [-0.2, -0.15) is 0 Å². The van der Waals surface area contributed by atoms with E-state index in [0.29, 0.717) is 44.4 Å². The summed E-state index contributed by atoms with van der Waals surface area (Å²) in [5, 5.41) is 24.4. The van der Waals surface area contributed by atoms with Crippen molar-refractivity contribution in [2.24, 2.45) is 13.0 Å². The molecule has 2 aliphatic heterocycles. The van der Waals surface area contributed by atoms with Crippen LogP contribution < -0.4 is 14.5 Å². The van der Waals surface area contributed by atoms with E-state index in [4.69, 9.17) is 9.72 Å². The SMILES string of the molecule is CC(=O)C1=C(O)C(=O)N(c2ccc3nc[nH]c3c2)C1c1ccc2ccc(OC3=C(C(=O)CC(C)C)C(c4cn(C)c5ccccc45)N(c4ccc5nc[nH]c5c4)C3=O)c(O)c2n1. The molecule has 2 aliphatic rings. The van der Waals surface area contributed by atoms with Crippen LogP contribution >= 0.6 is 0 Å². The van der Waals surface area contributed by atoms with Gasteiger partial charge in [0.25, 0.3) is 11.8 Å². The number of aromatic hydroxyl groups is 1. The summed E-state index contributed by atoms with van der Waals surface area (Å²) >= 11 is 0. The Kier molecular flexibility index (Phi) is 8.80. The number of aliphatic hydroxyl groups excluding tert-OH is 1. The fourth-order valence-corrected chi connectivity index (χ4v) is 8.78. The number of fused-ring (bicyclic) bond motifs is 4. The summed E-state index contributed by atoms with van der Waals surface area (Å²) in [4.78, 5) is 78.8. The smallest absolute Gasteiger partial charge is 0.295 e. The maximum absolute atomic E-state index is 15.1. The van der Waals surface area contributed by atoms with E-state index < -0.39 is 41.2 Å². The van der Waals surface area contributed by atoms with Crippen LogP contribution in [0.1, 0.15) is 50.5 Å². The Hall–Kier alpha value is -8.07. The van der Waals surface area contributed by atoms with Gasteiger partial charge in [-0.3, -0.25) is 29.0 Å². The second kappa shape index (κ2) is 14.3. The molecule has 0 spiro atoms. The second-order valence-electron chi connectivity index (χ2n) is 16.0. The van der Waals surface area contributed by atoms with E-state index in [0.717, 1.165) is 10.9 Å². The number of ketones is 2. The number of pyridine rings is 1. The van der Waals surface area contributed by atoms with Gasteiger partial charge < -0.3 is 29.5 Å². The number of aromatic amines is 2. The zero-order valence-corrected chi connectivity index (χ0v) is 33.9. The number of aromatic nitrogens is 6. The van der Waals surface area contributed by atoms with Gasteiger partial charge in [0.15, 0.2) is 28.8 Å². The number of H-pyrrole nitrogens is 2. The number of phenols is 1. The number of carbonyl (C=O) groups excluding carboxylic acids is 4. The largest absolute Gasteiger partial charge is 0.503 e. The summed E-state index contributed by atoms with van der Waals surface area (Å²) in [6.45, 7) is 5.10. The van der Waals surface area contributed by atoms with E-state index in [1.54, 1.807) is 65.8 Å². The predicted octanol–water partition coefficient (Wildman–Crippen LogP) is 7.71. The van der Waals surface area contributed by atoms with Gasteiger partial charge in [-0.15, -0.1) is 0 Å². The standard InChI is InChI=1S/C47H38N8O7/c1-23(2)17-36(57)39-41(29-20-53(4)35-8-6-5-7-28(29)35)54(26-11-14-30-33(18-26)50-21-48-30)47(61)45(39)62-37-16-10-25-9-13-32(52-40(25)43(37)58)42-38(24(3)56)44(59)46(60)55(42)27-12-15-31-34(19-27)51-22-49-31/h5-16,18-23,41-42,58-59H,17H2,1-4H3,(H,48,50)(H,49,51). The van der Waals surface area contributed by atoms with Crippen LogP contribution in [0.4, 0.5) is 11.4 Å². The molecule has 0 fully saturated rings. The molecule has 4 N–H and O–H groups in total. The summed E-state index contributed by atoms with van der Waals surface area (Å²) < 4.78 is 8.45. The normalized spacial score (nSPS) is 17.0. The van der Waals surface area contributed by atoms with Gasteiger partial charge in [-0.1, -0.05) is 38.1 Å². The van der Waals surface area contributed by atoms with Gasteiger partial charge in [0.2, 0.25) is 5.76 Å². The minimum Gasteiger partial charge on any atom is -0.503 e. The van der Waals surface area contributed by atoms with Gasteiger partial charge in [-0.25, -0.2) is 15.0 Å². The highest BCUT2D eigenvalue weighted by Crippen LogP contribution is 2.48. The number of anilines is 2. The zero-order chi connectivity index (χ0) is 43.1. The maximum Gasteiger partial charge on any atom is 0.295 e. The molecule has 308 valence electrons. The molecule has 2 amide bonds. The number of nitrogens with zero attached hydrogens (tertiary/aromatic N) is 6. The Morgan fingerprint density at radius 3 is 2.11 bits per heavy atom. The molecule has 8 aromatic rings. The molecule has 15 heteroatoms. The molecule has 62 heavy (non-hydrogen) atoms. The molecule has 4 aromatic heterocycles. The second-order valence-corrected chi connectivity index (χ2v) is 16.0. The molecule has 0 saturated carbocycles. The van der Waals surface area contributed by atoms with Crippen LogP contribution in [0.25, 0.3) is 43.9 Å². The summed E-state index contributed by atoms with van der Waals surface area (Å²) in [5.41, 5.74) is 5.28. The van der Waals surface area contributed by atoms with Crippen molar-refractivity contribution in [2.75, 3.05) is 9.80 Å². The maximum atomic E-state index is 15.1. The summed E-state index contributed by atoms with van der Waals surface area (Å²) in [7, 11) is 1.91. The molecule has 4 aromatic carbocycles. The lowest BCUT2D eigenvalue weighted by atomic mass is 9.91. The van der Waals surface area contributed by atoms with Gasteiger partial charge in [0, 0.05) is 52.9 Å². The predicted molar refractivity (Wildman–Crippen MR) is 231 cm³/mol. The van der Waals surface area contributed by atoms with Crippen LogP contribution in [0.3, 0.4) is 0 Å². The van der Waals surface area contributed by atoms with Crippen LogP contribution in [0.15, 0.2) is 126 Å². The van der Waals surface area contributed by atoms with Gasteiger partial charge >= 0.3 is 0 Å². The number of aryl methyl sites for hydroxylation is 1. The van der Waals surface area contributed by atoms with Crippen molar-refractivity contribution < 1.29 is 34.1 Å². The van der Waals surface area contributed by atoms with Gasteiger partial charge in [0.1, 0.15) is 11.6 Å². The molecule has 10 rings (SSSR count). The Balaban J connectivity index is 1.12. The first kappa shape index (κ1) is 38.2. The third-order valence-electron chi connectivity index (χ3n) is 11.6. The number of rotatable bonds is 10. The molecule has 0 aliphatic carbocycles. The van der Waals surface area contributed by atoms with Gasteiger partial charge in [0.05, 0.1) is 57.6 Å². The van der Waals surface area contributed by atoms with Crippen molar-refractivity contribution in [3.63, 3.8) is 0 Å². The number of amides is 2. The zero-order valence-electron chi connectivity index (χ0n) is 33.9. The number of Topliss-reactive ketones (excluding diaryl/α,β-unsaturated/α-hetero) is 2. The molecule has 6 heterocycles.